The average molecular weight is 507 g/mol. The minimum absolute atomic E-state index is 0.174. The molecule has 1 fully saturated rings. The predicted molar refractivity (Wildman–Crippen MR) is 140 cm³/mol. The largest absolute Gasteiger partial charge is 0.382 e. The Hall–Kier alpha value is -2.48. The fraction of sp³-hybridized carbons (Fsp3) is 0.440. The van der Waals surface area contributed by atoms with Crippen LogP contribution in [-0.4, -0.2) is 44.8 Å². The van der Waals surface area contributed by atoms with E-state index in [0.29, 0.717) is 47.6 Å². The maximum atomic E-state index is 13.1. The number of anilines is 3. The monoisotopic (exact) mass is 506 g/mol. The lowest BCUT2D eigenvalue weighted by Crippen LogP contribution is -2.35. The molecule has 1 saturated heterocycles. The van der Waals surface area contributed by atoms with E-state index in [-0.39, 0.29) is 10.9 Å². The number of carbonyl (C=O) groups excluding carboxylic acids is 2. The zero-order valence-electron chi connectivity index (χ0n) is 19.6. The Morgan fingerprint density at radius 1 is 1.12 bits per heavy atom. The summed E-state index contributed by atoms with van der Waals surface area (Å²) in [6.07, 6.45) is 2.90. The van der Waals surface area contributed by atoms with Crippen LogP contribution in [0.4, 0.5) is 21.9 Å². The van der Waals surface area contributed by atoms with Crippen LogP contribution in [0.1, 0.15) is 43.5 Å². The van der Waals surface area contributed by atoms with E-state index in [1.165, 1.54) is 0 Å². The minimum Gasteiger partial charge on any atom is -0.382 e. The van der Waals surface area contributed by atoms with Gasteiger partial charge in [0.2, 0.25) is 0 Å². The molecule has 184 valence electrons. The molecule has 3 rings (SSSR count). The first-order valence-electron chi connectivity index (χ1n) is 11.7. The van der Waals surface area contributed by atoms with Crippen LogP contribution < -0.4 is 20.9 Å². The molecule has 2 aromatic rings. The lowest BCUT2D eigenvalue weighted by molar-refractivity contribution is 0.0944. The van der Waals surface area contributed by atoms with Crippen LogP contribution in [-0.2, 0) is 4.74 Å². The molecule has 0 atom stereocenters. The third-order valence-corrected chi connectivity index (χ3v) is 6.60. The van der Waals surface area contributed by atoms with Gasteiger partial charge in [0.25, 0.3) is 5.91 Å². The first-order chi connectivity index (χ1) is 16.4. The molecule has 0 aromatic heterocycles. The minimum atomic E-state index is -0.480. The average Bonchev–Trinajstić information content (AvgIpc) is 2.82. The number of hydrogen-bond donors (Lipinski definition) is 3. The zero-order valence-corrected chi connectivity index (χ0v) is 21.1. The molecule has 1 aliphatic rings. The normalized spacial score (nSPS) is 14.1. The highest BCUT2D eigenvalue weighted by atomic mass is 35.5. The number of nitrogens with zero attached hydrogens (tertiary/aromatic N) is 1. The van der Waals surface area contributed by atoms with Gasteiger partial charge in [0.1, 0.15) is 0 Å². The van der Waals surface area contributed by atoms with Crippen molar-refractivity contribution in [2.24, 2.45) is 5.92 Å². The van der Waals surface area contributed by atoms with Crippen molar-refractivity contribution in [3.8, 4) is 0 Å². The van der Waals surface area contributed by atoms with Crippen LogP contribution in [0, 0.1) is 5.92 Å². The van der Waals surface area contributed by atoms with Crippen LogP contribution in [0.15, 0.2) is 36.4 Å². The molecule has 0 aliphatic carbocycles. The van der Waals surface area contributed by atoms with Gasteiger partial charge < -0.3 is 25.6 Å². The quantitative estimate of drug-likeness (QED) is 0.362. The van der Waals surface area contributed by atoms with Gasteiger partial charge in [0.05, 0.1) is 21.3 Å². The molecule has 3 N–H and O–H groups in total. The molecule has 7 nitrogen and oxygen atoms in total. The lowest BCUT2D eigenvalue weighted by Gasteiger charge is -2.33. The second-order valence-corrected chi connectivity index (χ2v) is 9.17. The second-order valence-electron chi connectivity index (χ2n) is 8.39. The third kappa shape index (κ3) is 7.26. The van der Waals surface area contributed by atoms with Crippen molar-refractivity contribution in [1.29, 1.82) is 0 Å². The summed E-state index contributed by atoms with van der Waals surface area (Å²) in [5.74, 6) is 0.502. The standard InChI is InChI=1S/C25H32Cl2N4O3/c1-3-34-15-5-12-28-24(32)19-16-18(8-9-22(19)31-13-10-17(2)11-14-31)29-25(33)30-21-7-4-6-20(26)23(21)27/h4,6-9,16-17H,3,5,10-15H2,1-2H3,(H,28,32)(H2,29,30,33). The number of benzene rings is 2. The van der Waals surface area contributed by atoms with Crippen LogP contribution in [0.2, 0.25) is 10.0 Å². The Bertz CT molecular complexity index is 994. The molecule has 34 heavy (non-hydrogen) atoms. The molecular formula is C25H32Cl2N4O3. The third-order valence-electron chi connectivity index (χ3n) is 5.78. The highest BCUT2D eigenvalue weighted by Gasteiger charge is 2.22. The van der Waals surface area contributed by atoms with Crippen molar-refractivity contribution in [2.75, 3.05) is 48.4 Å². The molecule has 0 saturated carbocycles. The lowest BCUT2D eigenvalue weighted by atomic mass is 9.98. The highest BCUT2D eigenvalue weighted by molar-refractivity contribution is 6.44. The van der Waals surface area contributed by atoms with Crippen LogP contribution in [0.5, 0.6) is 0 Å². The van der Waals surface area contributed by atoms with Crippen molar-refractivity contribution in [3.05, 3.63) is 52.0 Å². The van der Waals surface area contributed by atoms with Gasteiger partial charge in [0.15, 0.2) is 0 Å². The first kappa shape index (κ1) is 26.1. The summed E-state index contributed by atoms with van der Waals surface area (Å²) >= 11 is 12.2. The zero-order chi connectivity index (χ0) is 24.5. The van der Waals surface area contributed by atoms with E-state index in [4.69, 9.17) is 27.9 Å². The Labute approximate surface area is 211 Å². The van der Waals surface area contributed by atoms with Gasteiger partial charge in [-0.2, -0.15) is 0 Å². The van der Waals surface area contributed by atoms with Gasteiger partial charge in [0, 0.05) is 44.2 Å². The van der Waals surface area contributed by atoms with Gasteiger partial charge in [-0.15, -0.1) is 0 Å². The summed E-state index contributed by atoms with van der Waals surface area (Å²) in [4.78, 5) is 27.9. The Kier molecular flexibility index (Phi) is 9.86. The van der Waals surface area contributed by atoms with Crippen LogP contribution in [0.3, 0.4) is 0 Å². The summed E-state index contributed by atoms with van der Waals surface area (Å²) in [5.41, 5.74) is 2.31. The van der Waals surface area contributed by atoms with E-state index in [2.05, 4.69) is 27.8 Å². The van der Waals surface area contributed by atoms with E-state index in [1.54, 1.807) is 30.3 Å². The molecule has 1 aliphatic heterocycles. The fourth-order valence-corrected chi connectivity index (χ4v) is 4.17. The van der Waals surface area contributed by atoms with Crippen molar-refractivity contribution in [1.82, 2.24) is 5.32 Å². The molecule has 0 unspecified atom stereocenters. The Morgan fingerprint density at radius 3 is 2.62 bits per heavy atom. The number of amides is 3. The number of urea groups is 1. The smallest absolute Gasteiger partial charge is 0.323 e. The molecular weight excluding hydrogens is 475 g/mol. The van der Waals surface area contributed by atoms with Crippen molar-refractivity contribution in [3.63, 3.8) is 0 Å². The molecule has 1 heterocycles. The maximum Gasteiger partial charge on any atom is 0.323 e. The predicted octanol–water partition coefficient (Wildman–Crippen LogP) is 6.03. The summed E-state index contributed by atoms with van der Waals surface area (Å²) in [5, 5.41) is 9.07. The number of carbonyl (C=O) groups is 2. The molecule has 3 amide bonds. The number of piperidine rings is 1. The van der Waals surface area contributed by atoms with Crippen molar-refractivity contribution >= 4 is 52.2 Å². The number of ether oxygens (including phenoxy) is 1. The molecule has 9 heteroatoms. The van der Waals surface area contributed by atoms with Gasteiger partial charge >= 0.3 is 6.03 Å². The van der Waals surface area contributed by atoms with Crippen LogP contribution in [0.25, 0.3) is 0 Å². The van der Waals surface area contributed by atoms with Gasteiger partial charge in [-0.3, -0.25) is 4.79 Å². The summed E-state index contributed by atoms with van der Waals surface area (Å²) in [6.45, 7) is 7.75. The summed E-state index contributed by atoms with van der Waals surface area (Å²) < 4.78 is 5.35. The first-order valence-corrected chi connectivity index (χ1v) is 12.4. The van der Waals surface area contributed by atoms with E-state index < -0.39 is 6.03 Å². The topological polar surface area (TPSA) is 82.7 Å². The number of hydrogen-bond acceptors (Lipinski definition) is 4. The second kappa shape index (κ2) is 12.8. The molecule has 0 spiro atoms. The highest BCUT2D eigenvalue weighted by Crippen LogP contribution is 2.31. The Morgan fingerprint density at radius 2 is 1.88 bits per heavy atom. The van der Waals surface area contributed by atoms with Gasteiger partial charge in [-0.1, -0.05) is 36.2 Å². The number of rotatable bonds is 9. The molecule has 0 radical (unpaired) electrons. The van der Waals surface area contributed by atoms with E-state index >= 15 is 0 Å². The molecule has 2 aromatic carbocycles. The maximum absolute atomic E-state index is 13.1. The summed E-state index contributed by atoms with van der Waals surface area (Å²) in [7, 11) is 0. The SMILES string of the molecule is CCOCCCNC(=O)c1cc(NC(=O)Nc2cccc(Cl)c2Cl)ccc1N1CCC(C)CC1. The van der Waals surface area contributed by atoms with Crippen LogP contribution >= 0.6 is 23.2 Å². The van der Waals surface area contributed by atoms with E-state index in [9.17, 15) is 9.59 Å². The van der Waals surface area contributed by atoms with Gasteiger partial charge in [-0.25, -0.2) is 4.79 Å². The fourth-order valence-electron chi connectivity index (χ4n) is 3.82. The van der Waals surface area contributed by atoms with E-state index in [1.807, 2.05) is 13.0 Å². The van der Waals surface area contributed by atoms with Crippen molar-refractivity contribution < 1.29 is 14.3 Å². The molecule has 0 bridgehead atoms. The van der Waals surface area contributed by atoms with Crippen molar-refractivity contribution in [2.45, 2.75) is 33.1 Å². The van der Waals surface area contributed by atoms with E-state index in [0.717, 1.165) is 38.0 Å². The number of halogens is 2. The Balaban J connectivity index is 1.74. The summed E-state index contributed by atoms with van der Waals surface area (Å²) in [6, 6.07) is 9.94. The number of nitrogens with one attached hydrogen (secondary N) is 3. The van der Waals surface area contributed by atoms with Gasteiger partial charge in [-0.05, 0) is 62.4 Å².